The molecule has 0 aromatic heterocycles. The van der Waals surface area contributed by atoms with Gasteiger partial charge in [-0.25, -0.2) is 0 Å². The summed E-state index contributed by atoms with van der Waals surface area (Å²) in [5.41, 5.74) is -1.99. The smallest absolute Gasteiger partial charge is 0.313 e. The minimum atomic E-state index is -1.11. The molecule has 194 valence electrons. The predicted octanol–water partition coefficient (Wildman–Crippen LogP) is 2.60. The molecule has 1 aliphatic carbocycles. The summed E-state index contributed by atoms with van der Waals surface area (Å²) in [5, 5.41) is 10.2. The van der Waals surface area contributed by atoms with Crippen LogP contribution in [0.15, 0.2) is 25.3 Å². The molecule has 4 aliphatic rings. The number of hydrogen-bond acceptors (Lipinski definition) is 6. The van der Waals surface area contributed by atoms with E-state index in [2.05, 4.69) is 13.2 Å². The van der Waals surface area contributed by atoms with E-state index < -0.39 is 41.1 Å². The van der Waals surface area contributed by atoms with E-state index in [4.69, 9.17) is 9.47 Å². The molecule has 2 amide bonds. The Balaban J connectivity index is 1.77. The first-order valence-electron chi connectivity index (χ1n) is 13.1. The molecule has 1 saturated carbocycles. The van der Waals surface area contributed by atoms with Gasteiger partial charge in [0.1, 0.15) is 24.2 Å². The average molecular weight is 489 g/mol. The number of aliphatic hydroxyl groups is 1. The highest BCUT2D eigenvalue weighted by molar-refractivity contribution is 5.98. The van der Waals surface area contributed by atoms with Gasteiger partial charge in [0.2, 0.25) is 11.8 Å². The van der Waals surface area contributed by atoms with Crippen molar-refractivity contribution in [2.45, 2.75) is 94.5 Å². The molecule has 3 aliphatic heterocycles. The molecule has 2 unspecified atom stereocenters. The number of fused-ring (bicyclic) bond motifs is 1. The van der Waals surface area contributed by atoms with Crippen molar-refractivity contribution in [1.82, 2.24) is 9.80 Å². The predicted molar refractivity (Wildman–Crippen MR) is 130 cm³/mol. The third kappa shape index (κ3) is 4.02. The molecule has 4 fully saturated rings. The van der Waals surface area contributed by atoms with Gasteiger partial charge in [0, 0.05) is 12.6 Å². The molecule has 0 radical (unpaired) electrons. The van der Waals surface area contributed by atoms with Gasteiger partial charge in [-0.2, -0.15) is 0 Å². The zero-order valence-electron chi connectivity index (χ0n) is 21.1. The lowest BCUT2D eigenvalue weighted by Gasteiger charge is -2.42. The number of esters is 1. The van der Waals surface area contributed by atoms with Crippen LogP contribution in [0.25, 0.3) is 0 Å². The number of rotatable bonds is 10. The minimum Gasteiger partial charge on any atom is -0.461 e. The van der Waals surface area contributed by atoms with Crippen LogP contribution < -0.4 is 0 Å². The van der Waals surface area contributed by atoms with Crippen LogP contribution >= 0.6 is 0 Å². The first-order valence-corrected chi connectivity index (χ1v) is 13.1. The van der Waals surface area contributed by atoms with E-state index in [0.717, 1.165) is 32.1 Å². The molecule has 3 heterocycles. The maximum absolute atomic E-state index is 14.4. The molecule has 8 heteroatoms. The van der Waals surface area contributed by atoms with Crippen molar-refractivity contribution in [3.8, 4) is 0 Å². The quantitative estimate of drug-likeness (QED) is 0.375. The normalized spacial score (nSPS) is 35.0. The highest BCUT2D eigenvalue weighted by Crippen LogP contribution is 2.63. The monoisotopic (exact) mass is 488 g/mol. The fourth-order valence-corrected chi connectivity index (χ4v) is 7.15. The number of carbonyl (C=O) groups excluding carboxylic acids is 3. The topological polar surface area (TPSA) is 96.4 Å². The molecular formula is C27H40N2O6. The van der Waals surface area contributed by atoms with Gasteiger partial charge in [0.05, 0.1) is 24.2 Å². The van der Waals surface area contributed by atoms with Crippen LogP contribution in [0, 0.1) is 11.8 Å². The van der Waals surface area contributed by atoms with E-state index in [9.17, 15) is 19.5 Å². The molecule has 2 bridgehead atoms. The minimum absolute atomic E-state index is 0.0500. The summed E-state index contributed by atoms with van der Waals surface area (Å²) < 4.78 is 12.0. The average Bonchev–Trinajstić information content (AvgIpc) is 3.43. The largest absolute Gasteiger partial charge is 0.461 e. The van der Waals surface area contributed by atoms with Gasteiger partial charge in [-0.15, -0.1) is 6.58 Å². The van der Waals surface area contributed by atoms with Gasteiger partial charge in [0.15, 0.2) is 0 Å². The van der Waals surface area contributed by atoms with Gasteiger partial charge in [0.25, 0.3) is 0 Å². The molecule has 8 nitrogen and oxygen atoms in total. The Bertz CT molecular complexity index is 866. The molecule has 0 aromatic rings. The molecule has 4 rings (SSSR count). The summed E-state index contributed by atoms with van der Waals surface area (Å²) >= 11 is 0. The van der Waals surface area contributed by atoms with E-state index >= 15 is 0 Å². The van der Waals surface area contributed by atoms with E-state index in [1.165, 1.54) is 6.08 Å². The summed E-state index contributed by atoms with van der Waals surface area (Å²) in [7, 11) is 0. The van der Waals surface area contributed by atoms with Gasteiger partial charge in [-0.1, -0.05) is 44.9 Å². The maximum Gasteiger partial charge on any atom is 0.313 e. The third-order valence-electron chi connectivity index (χ3n) is 8.75. The van der Waals surface area contributed by atoms with Crippen LogP contribution in [0.3, 0.4) is 0 Å². The Hall–Kier alpha value is -2.19. The molecule has 35 heavy (non-hydrogen) atoms. The lowest BCUT2D eigenvalue weighted by Crippen LogP contribution is -2.60. The van der Waals surface area contributed by atoms with E-state index in [1.807, 2.05) is 18.7 Å². The van der Waals surface area contributed by atoms with Crippen molar-refractivity contribution in [2.75, 3.05) is 19.8 Å². The molecule has 3 saturated heterocycles. The maximum atomic E-state index is 14.4. The highest BCUT2D eigenvalue weighted by Gasteiger charge is 2.79. The van der Waals surface area contributed by atoms with Crippen LogP contribution in [0.5, 0.6) is 0 Å². The first kappa shape index (κ1) is 25.9. The molecule has 6 atom stereocenters. The summed E-state index contributed by atoms with van der Waals surface area (Å²) in [6, 6.07) is -1.34. The second-order valence-corrected chi connectivity index (χ2v) is 10.7. The fourth-order valence-electron chi connectivity index (χ4n) is 7.15. The Morgan fingerprint density at radius 1 is 1.26 bits per heavy atom. The third-order valence-corrected chi connectivity index (χ3v) is 8.75. The molecule has 0 aromatic carbocycles. The van der Waals surface area contributed by atoms with Crippen molar-refractivity contribution >= 4 is 17.8 Å². The molecular weight excluding hydrogens is 448 g/mol. The Kier molecular flexibility index (Phi) is 7.44. The second kappa shape index (κ2) is 10.1. The van der Waals surface area contributed by atoms with Gasteiger partial charge in [-0.05, 0) is 39.0 Å². The second-order valence-electron chi connectivity index (χ2n) is 10.7. The van der Waals surface area contributed by atoms with Crippen molar-refractivity contribution in [1.29, 1.82) is 0 Å². The van der Waals surface area contributed by atoms with Crippen molar-refractivity contribution in [3.63, 3.8) is 0 Å². The number of ether oxygens (including phenoxy) is 2. The number of nitrogens with zero attached hydrogens (tertiary/aromatic N) is 2. The number of likely N-dealkylation sites (tertiary alicyclic amines) is 1. The summed E-state index contributed by atoms with van der Waals surface area (Å²) in [4.78, 5) is 45.0. The van der Waals surface area contributed by atoms with E-state index in [-0.39, 0.29) is 31.1 Å². The lowest BCUT2D eigenvalue weighted by molar-refractivity contribution is -0.162. The van der Waals surface area contributed by atoms with Crippen LogP contribution in [0.2, 0.25) is 0 Å². The van der Waals surface area contributed by atoms with Gasteiger partial charge >= 0.3 is 5.97 Å². The summed E-state index contributed by atoms with van der Waals surface area (Å²) in [5.74, 6) is -2.57. The summed E-state index contributed by atoms with van der Waals surface area (Å²) in [6.07, 6.45) is 9.90. The zero-order chi connectivity index (χ0) is 25.4. The Morgan fingerprint density at radius 2 is 1.97 bits per heavy atom. The van der Waals surface area contributed by atoms with Crippen molar-refractivity contribution in [3.05, 3.63) is 25.3 Å². The lowest BCUT2D eigenvalue weighted by atomic mass is 9.66. The van der Waals surface area contributed by atoms with Gasteiger partial charge < -0.3 is 24.4 Å². The van der Waals surface area contributed by atoms with Crippen LogP contribution in [-0.4, -0.2) is 81.8 Å². The van der Waals surface area contributed by atoms with Crippen molar-refractivity contribution < 1.29 is 29.0 Å². The van der Waals surface area contributed by atoms with Crippen molar-refractivity contribution in [2.24, 2.45) is 11.8 Å². The van der Waals surface area contributed by atoms with Crippen LogP contribution in [-0.2, 0) is 23.9 Å². The van der Waals surface area contributed by atoms with Crippen LogP contribution in [0.1, 0.15) is 65.2 Å². The van der Waals surface area contributed by atoms with E-state index in [0.29, 0.717) is 25.8 Å². The standard InChI is InChI=1S/C27H40N2O6/c1-5-15-28(19-11-9-8-10-12-19)24(32)22-27-14-13-26(4,35-27)21(25(33)34-16-6-2)20(27)23(31)29(22)18(7-3)17-30/h5-6,18-22,30H,1-2,7-17H2,3-4H3/t18-,20-,21-,22?,26+,27?/m0/s1. The number of amides is 2. The fraction of sp³-hybridized carbons (Fsp3) is 0.741. The van der Waals surface area contributed by atoms with Gasteiger partial charge in [-0.3, -0.25) is 14.4 Å². The SMILES string of the molecule is C=CCOC(=O)[C@@H]1[C@H]2C(=O)N([C@@H](CC)CO)C(C(=O)N(CC=C)C3CCCCC3)C23CC[C@@]1(C)O3. The number of aliphatic hydroxyl groups excluding tert-OH is 1. The number of carbonyl (C=O) groups is 3. The Morgan fingerprint density at radius 3 is 2.57 bits per heavy atom. The zero-order valence-corrected chi connectivity index (χ0v) is 21.1. The Labute approximate surface area is 208 Å². The highest BCUT2D eigenvalue weighted by atomic mass is 16.6. The first-order chi connectivity index (χ1) is 16.8. The van der Waals surface area contributed by atoms with Crippen LogP contribution in [0.4, 0.5) is 0 Å². The number of hydrogen-bond donors (Lipinski definition) is 1. The molecule has 1 N–H and O–H groups in total. The molecule has 1 spiro atoms. The van der Waals surface area contributed by atoms with E-state index in [1.54, 1.807) is 11.0 Å². The summed E-state index contributed by atoms with van der Waals surface area (Å²) in [6.45, 7) is 11.4.